The molecule has 0 spiro atoms. The first-order chi connectivity index (χ1) is 8.83. The van der Waals surface area contributed by atoms with E-state index in [9.17, 15) is 0 Å². The van der Waals surface area contributed by atoms with Crippen LogP contribution in [-0.4, -0.2) is 37.5 Å². The molecule has 0 saturated heterocycles. The number of aliphatic hydroxyl groups is 1. The van der Waals surface area contributed by atoms with Gasteiger partial charge < -0.3 is 15.2 Å². The summed E-state index contributed by atoms with van der Waals surface area (Å²) in [5.41, 5.74) is 0. The third-order valence-electron chi connectivity index (χ3n) is 4.86. The van der Waals surface area contributed by atoms with Gasteiger partial charge in [0, 0.05) is 25.8 Å². The van der Waals surface area contributed by atoms with Gasteiger partial charge in [0.1, 0.15) is 0 Å². The molecular formula is C15H29NO2. The molecule has 3 nitrogen and oxygen atoms in total. The topological polar surface area (TPSA) is 41.5 Å². The first-order valence-electron chi connectivity index (χ1n) is 7.69. The molecule has 2 aliphatic carbocycles. The normalized spacial score (nSPS) is 34.0. The average Bonchev–Trinajstić information content (AvgIpc) is 2.39. The molecule has 2 N–H and O–H groups in total. The molecule has 2 fully saturated rings. The zero-order valence-corrected chi connectivity index (χ0v) is 11.7. The Balaban J connectivity index is 1.78. The van der Waals surface area contributed by atoms with E-state index >= 15 is 0 Å². The minimum absolute atomic E-state index is 0.250. The van der Waals surface area contributed by atoms with E-state index in [0.717, 1.165) is 18.3 Å². The highest BCUT2D eigenvalue weighted by atomic mass is 16.5. The fraction of sp³-hybridized carbons (Fsp3) is 1.00. The Hall–Kier alpha value is -0.120. The fourth-order valence-corrected chi connectivity index (χ4v) is 3.93. The van der Waals surface area contributed by atoms with E-state index in [1.807, 2.05) is 0 Å². The molecule has 106 valence electrons. The third kappa shape index (κ3) is 3.94. The molecule has 4 atom stereocenters. The number of aliphatic hydroxyl groups excluding tert-OH is 1. The standard InChI is InChI=1S/C15H29NO2/c1-18-11-15(8-9-17)16-14-7-6-12-4-2-3-5-13(12)10-14/h12-17H,2-11H2,1H3. The van der Waals surface area contributed by atoms with Gasteiger partial charge in [-0.05, 0) is 37.5 Å². The first-order valence-corrected chi connectivity index (χ1v) is 7.69. The molecule has 2 aliphatic rings. The zero-order chi connectivity index (χ0) is 12.8. The first kappa shape index (κ1) is 14.3. The maximum Gasteiger partial charge on any atom is 0.0616 e. The van der Waals surface area contributed by atoms with E-state index in [4.69, 9.17) is 9.84 Å². The zero-order valence-electron chi connectivity index (χ0n) is 11.7. The molecule has 0 amide bonds. The highest BCUT2D eigenvalue weighted by Crippen LogP contribution is 2.40. The quantitative estimate of drug-likeness (QED) is 0.765. The molecule has 0 aromatic rings. The molecule has 0 aromatic heterocycles. The largest absolute Gasteiger partial charge is 0.396 e. The number of hydrogen-bond donors (Lipinski definition) is 2. The molecule has 0 heterocycles. The number of rotatable bonds is 6. The van der Waals surface area contributed by atoms with Gasteiger partial charge in [-0.15, -0.1) is 0 Å². The molecule has 0 aromatic carbocycles. The minimum Gasteiger partial charge on any atom is -0.396 e. The van der Waals surface area contributed by atoms with Gasteiger partial charge in [-0.1, -0.05) is 25.7 Å². The van der Waals surface area contributed by atoms with Gasteiger partial charge in [0.2, 0.25) is 0 Å². The van der Waals surface area contributed by atoms with Crippen LogP contribution in [0.4, 0.5) is 0 Å². The Morgan fingerprint density at radius 1 is 1.17 bits per heavy atom. The van der Waals surface area contributed by atoms with Gasteiger partial charge in [-0.2, -0.15) is 0 Å². The summed E-state index contributed by atoms with van der Waals surface area (Å²) >= 11 is 0. The predicted molar refractivity (Wildman–Crippen MR) is 73.6 cm³/mol. The highest BCUT2D eigenvalue weighted by molar-refractivity contribution is 4.87. The number of nitrogens with one attached hydrogen (secondary N) is 1. The van der Waals surface area contributed by atoms with Crippen molar-refractivity contribution < 1.29 is 9.84 Å². The van der Waals surface area contributed by atoms with Crippen molar-refractivity contribution in [1.82, 2.24) is 5.32 Å². The average molecular weight is 255 g/mol. The van der Waals surface area contributed by atoms with Gasteiger partial charge in [-0.3, -0.25) is 0 Å². The van der Waals surface area contributed by atoms with Crippen molar-refractivity contribution in [3.05, 3.63) is 0 Å². The Bertz CT molecular complexity index is 229. The van der Waals surface area contributed by atoms with Gasteiger partial charge in [0.15, 0.2) is 0 Å². The highest BCUT2D eigenvalue weighted by Gasteiger charge is 2.32. The van der Waals surface area contributed by atoms with Crippen molar-refractivity contribution in [2.45, 2.75) is 63.5 Å². The van der Waals surface area contributed by atoms with E-state index < -0.39 is 0 Å². The maximum atomic E-state index is 9.08. The Morgan fingerprint density at radius 2 is 1.94 bits per heavy atom. The van der Waals surface area contributed by atoms with Crippen LogP contribution in [0.3, 0.4) is 0 Å². The monoisotopic (exact) mass is 255 g/mol. The van der Waals surface area contributed by atoms with Crippen LogP contribution in [0.25, 0.3) is 0 Å². The van der Waals surface area contributed by atoms with Crippen molar-refractivity contribution >= 4 is 0 Å². The molecule has 2 rings (SSSR count). The van der Waals surface area contributed by atoms with Crippen LogP contribution >= 0.6 is 0 Å². The maximum absolute atomic E-state index is 9.08. The van der Waals surface area contributed by atoms with Gasteiger partial charge in [0.05, 0.1) is 6.61 Å². The third-order valence-corrected chi connectivity index (χ3v) is 4.86. The van der Waals surface area contributed by atoms with E-state index in [2.05, 4.69) is 5.32 Å². The van der Waals surface area contributed by atoms with E-state index in [-0.39, 0.29) is 6.61 Å². The van der Waals surface area contributed by atoms with E-state index in [0.29, 0.717) is 18.7 Å². The lowest BCUT2D eigenvalue weighted by molar-refractivity contribution is 0.109. The van der Waals surface area contributed by atoms with E-state index in [1.54, 1.807) is 7.11 Å². The van der Waals surface area contributed by atoms with Gasteiger partial charge in [0.25, 0.3) is 0 Å². The van der Waals surface area contributed by atoms with E-state index in [1.165, 1.54) is 44.9 Å². The second kappa shape index (κ2) is 7.46. The molecule has 0 radical (unpaired) electrons. The summed E-state index contributed by atoms with van der Waals surface area (Å²) in [4.78, 5) is 0. The summed E-state index contributed by atoms with van der Waals surface area (Å²) in [6.07, 6.45) is 10.7. The second-order valence-corrected chi connectivity index (χ2v) is 6.15. The number of methoxy groups -OCH3 is 1. The van der Waals surface area contributed by atoms with Crippen molar-refractivity contribution in [3.63, 3.8) is 0 Å². The van der Waals surface area contributed by atoms with Crippen LogP contribution in [0.15, 0.2) is 0 Å². The summed E-state index contributed by atoms with van der Waals surface area (Å²) in [5, 5.41) is 12.8. The molecule has 0 aliphatic heterocycles. The lowest BCUT2D eigenvalue weighted by Gasteiger charge is -2.40. The van der Waals surface area contributed by atoms with Crippen molar-refractivity contribution in [2.24, 2.45) is 11.8 Å². The summed E-state index contributed by atoms with van der Waals surface area (Å²) < 4.78 is 5.23. The smallest absolute Gasteiger partial charge is 0.0616 e. The van der Waals surface area contributed by atoms with Crippen LogP contribution < -0.4 is 5.32 Å². The molecular weight excluding hydrogens is 226 g/mol. The predicted octanol–water partition coefficient (Wildman–Crippen LogP) is 2.33. The lowest BCUT2D eigenvalue weighted by atomic mass is 9.69. The van der Waals surface area contributed by atoms with Gasteiger partial charge >= 0.3 is 0 Å². The molecule has 18 heavy (non-hydrogen) atoms. The minimum atomic E-state index is 0.250. The summed E-state index contributed by atoms with van der Waals surface area (Å²) in [5.74, 6) is 1.97. The second-order valence-electron chi connectivity index (χ2n) is 6.15. The van der Waals surface area contributed by atoms with Crippen LogP contribution in [-0.2, 0) is 4.74 Å². The van der Waals surface area contributed by atoms with Crippen molar-refractivity contribution in [1.29, 1.82) is 0 Å². The van der Waals surface area contributed by atoms with Crippen LogP contribution in [0.5, 0.6) is 0 Å². The molecule has 4 unspecified atom stereocenters. The Morgan fingerprint density at radius 3 is 2.67 bits per heavy atom. The number of fused-ring (bicyclic) bond motifs is 1. The van der Waals surface area contributed by atoms with Gasteiger partial charge in [-0.25, -0.2) is 0 Å². The van der Waals surface area contributed by atoms with Crippen molar-refractivity contribution in [2.75, 3.05) is 20.3 Å². The number of ether oxygens (including phenoxy) is 1. The van der Waals surface area contributed by atoms with Crippen molar-refractivity contribution in [3.8, 4) is 0 Å². The van der Waals surface area contributed by atoms with Crippen LogP contribution in [0.1, 0.15) is 51.4 Å². The summed E-state index contributed by atoms with van der Waals surface area (Å²) in [7, 11) is 1.74. The molecule has 3 heteroatoms. The summed E-state index contributed by atoms with van der Waals surface area (Å²) in [6, 6.07) is 0.973. The fourth-order valence-electron chi connectivity index (χ4n) is 3.93. The summed E-state index contributed by atoms with van der Waals surface area (Å²) in [6.45, 7) is 0.963. The van der Waals surface area contributed by atoms with Crippen LogP contribution in [0.2, 0.25) is 0 Å². The number of hydrogen-bond acceptors (Lipinski definition) is 3. The van der Waals surface area contributed by atoms with Crippen LogP contribution in [0, 0.1) is 11.8 Å². The Labute approximate surface area is 111 Å². The molecule has 0 bridgehead atoms. The lowest BCUT2D eigenvalue weighted by Crippen LogP contribution is -2.45. The SMILES string of the molecule is COCC(CCO)NC1CCC2CCCCC2C1. The Kier molecular flexibility index (Phi) is 5.93. The molecule has 2 saturated carbocycles.